The van der Waals surface area contributed by atoms with Crippen molar-refractivity contribution >= 4 is 11.6 Å². The molecule has 1 aliphatic rings. The molecule has 3 N–H and O–H groups in total. The predicted molar refractivity (Wildman–Crippen MR) is 95.3 cm³/mol. The molecule has 0 saturated carbocycles. The van der Waals surface area contributed by atoms with Gasteiger partial charge in [-0.2, -0.15) is 0 Å². The van der Waals surface area contributed by atoms with Crippen molar-refractivity contribution in [3.8, 4) is 5.75 Å². The molecular weight excluding hydrogens is 357 g/mol. The molecule has 27 heavy (non-hydrogen) atoms. The van der Waals surface area contributed by atoms with E-state index in [9.17, 15) is 18.0 Å². The van der Waals surface area contributed by atoms with Crippen molar-refractivity contribution in [1.29, 1.82) is 0 Å². The van der Waals surface area contributed by atoms with Gasteiger partial charge in [0.05, 0.1) is 0 Å². The first-order chi connectivity index (χ1) is 12.8. The van der Waals surface area contributed by atoms with Crippen LogP contribution >= 0.6 is 0 Å². The molecule has 0 aliphatic heterocycles. The summed E-state index contributed by atoms with van der Waals surface area (Å²) in [6, 6.07) is 13.3. The minimum atomic E-state index is -4.73. The molecule has 1 amide bonds. The van der Waals surface area contributed by atoms with Gasteiger partial charge in [0, 0.05) is 17.7 Å². The Bertz CT molecular complexity index is 791. The largest absolute Gasteiger partial charge is 0.573 e. The number of hydrogen-bond donors (Lipinski definition) is 2. The predicted octanol–water partition coefficient (Wildman–Crippen LogP) is 3.55. The quantitative estimate of drug-likeness (QED) is 0.835. The van der Waals surface area contributed by atoms with E-state index in [1.165, 1.54) is 35.4 Å². The summed E-state index contributed by atoms with van der Waals surface area (Å²) in [5, 5.41) is 4.79. The Kier molecular flexibility index (Phi) is 5.70. The topological polar surface area (TPSA) is 54.9 Å². The van der Waals surface area contributed by atoms with Gasteiger partial charge in [0.25, 0.3) is 5.91 Å². The number of quaternary nitrogens is 1. The van der Waals surface area contributed by atoms with E-state index in [1.54, 1.807) is 0 Å². The monoisotopic (exact) mass is 379 g/mol. The summed E-state index contributed by atoms with van der Waals surface area (Å²) >= 11 is 0. The first-order valence-corrected chi connectivity index (χ1v) is 8.91. The van der Waals surface area contributed by atoms with Crippen LogP contribution in [0.25, 0.3) is 0 Å². The normalized spacial score (nSPS) is 17.7. The van der Waals surface area contributed by atoms with Gasteiger partial charge in [0.15, 0.2) is 6.04 Å². The number of anilines is 1. The van der Waals surface area contributed by atoms with Crippen molar-refractivity contribution in [1.82, 2.24) is 0 Å². The number of rotatable bonds is 5. The summed E-state index contributed by atoms with van der Waals surface area (Å²) in [6.07, 6.45) is -1.57. The summed E-state index contributed by atoms with van der Waals surface area (Å²) in [5.74, 6) is -0.513. The molecule has 0 bridgehead atoms. The van der Waals surface area contributed by atoms with Crippen molar-refractivity contribution in [3.05, 3.63) is 59.7 Å². The molecule has 4 nitrogen and oxygen atoms in total. The third kappa shape index (κ3) is 5.23. The maximum Gasteiger partial charge on any atom is 0.573 e. The van der Waals surface area contributed by atoms with Crippen LogP contribution in [0.1, 0.15) is 36.9 Å². The molecule has 2 aromatic rings. The van der Waals surface area contributed by atoms with Gasteiger partial charge >= 0.3 is 6.36 Å². The zero-order chi connectivity index (χ0) is 19.4. The van der Waals surface area contributed by atoms with Crippen LogP contribution in [0.3, 0.4) is 0 Å². The Morgan fingerprint density at radius 3 is 2.59 bits per heavy atom. The molecular formula is C20H22F3N2O2+. The molecule has 0 saturated heterocycles. The molecule has 0 spiro atoms. The molecule has 144 valence electrons. The van der Waals surface area contributed by atoms with Crippen molar-refractivity contribution < 1.29 is 28.0 Å². The summed E-state index contributed by atoms with van der Waals surface area (Å²) in [6.45, 7) is 1.83. The number of carbonyl (C=O) groups excluding carboxylic acids is 1. The molecule has 0 fully saturated rings. The van der Waals surface area contributed by atoms with Gasteiger partial charge in [-0.25, -0.2) is 0 Å². The SMILES string of the molecule is C[C@H]([NH2+][C@@H]1CCCc2ccccc21)C(=O)Nc1ccc(OC(F)(F)F)cc1. The zero-order valence-electron chi connectivity index (χ0n) is 14.9. The fourth-order valence-corrected chi connectivity index (χ4v) is 3.42. The molecule has 7 heteroatoms. The molecule has 2 aromatic carbocycles. The van der Waals surface area contributed by atoms with Crippen LogP contribution in [0.4, 0.5) is 18.9 Å². The second-order valence-corrected chi connectivity index (χ2v) is 6.74. The van der Waals surface area contributed by atoms with Crippen molar-refractivity contribution in [2.45, 2.75) is 44.6 Å². The third-order valence-electron chi connectivity index (χ3n) is 4.71. The molecule has 0 radical (unpaired) electrons. The Hall–Kier alpha value is -2.54. The minimum absolute atomic E-state index is 0.192. The van der Waals surface area contributed by atoms with Gasteiger partial charge in [-0.05, 0) is 49.6 Å². The number of carbonyl (C=O) groups is 1. The van der Waals surface area contributed by atoms with Gasteiger partial charge < -0.3 is 15.4 Å². The average molecular weight is 379 g/mol. The fourth-order valence-electron chi connectivity index (χ4n) is 3.42. The number of nitrogens with one attached hydrogen (secondary N) is 1. The zero-order valence-corrected chi connectivity index (χ0v) is 14.9. The average Bonchev–Trinajstić information content (AvgIpc) is 2.62. The van der Waals surface area contributed by atoms with Crippen LogP contribution in [0.2, 0.25) is 0 Å². The van der Waals surface area contributed by atoms with Crippen LogP contribution in [0.5, 0.6) is 5.75 Å². The Morgan fingerprint density at radius 2 is 1.89 bits per heavy atom. The van der Waals surface area contributed by atoms with Crippen LogP contribution in [0.15, 0.2) is 48.5 Å². The molecule has 0 heterocycles. The lowest BCUT2D eigenvalue weighted by Crippen LogP contribution is -2.92. The standard InChI is InChI=1S/C20H21F3N2O2/c1-13(24-18-8-4-6-14-5-2-3-7-17(14)18)19(26)25-15-9-11-16(12-10-15)27-20(21,22)23/h2-3,5,7,9-13,18,24H,4,6,8H2,1H3,(H,25,26)/p+1/t13-,18+/m0/s1. The number of amides is 1. The summed E-state index contributed by atoms with van der Waals surface area (Å²) in [7, 11) is 0. The van der Waals surface area contributed by atoms with E-state index in [4.69, 9.17) is 0 Å². The van der Waals surface area contributed by atoms with E-state index >= 15 is 0 Å². The number of fused-ring (bicyclic) bond motifs is 1. The highest BCUT2D eigenvalue weighted by Crippen LogP contribution is 2.27. The van der Waals surface area contributed by atoms with E-state index in [2.05, 4.69) is 27.5 Å². The maximum absolute atomic E-state index is 12.5. The van der Waals surface area contributed by atoms with Gasteiger partial charge in [-0.3, -0.25) is 4.79 Å². The first kappa shape index (κ1) is 19.2. The highest BCUT2D eigenvalue weighted by Gasteiger charge is 2.31. The minimum Gasteiger partial charge on any atom is -0.406 e. The third-order valence-corrected chi connectivity index (χ3v) is 4.71. The first-order valence-electron chi connectivity index (χ1n) is 8.91. The molecule has 0 unspecified atom stereocenters. The van der Waals surface area contributed by atoms with Crippen LogP contribution in [0, 0.1) is 0 Å². The lowest BCUT2D eigenvalue weighted by molar-refractivity contribution is -0.714. The van der Waals surface area contributed by atoms with E-state index < -0.39 is 6.36 Å². The van der Waals surface area contributed by atoms with Gasteiger partial charge in [-0.1, -0.05) is 24.3 Å². The molecule has 1 aliphatic carbocycles. The highest BCUT2D eigenvalue weighted by molar-refractivity contribution is 5.93. The highest BCUT2D eigenvalue weighted by atomic mass is 19.4. The number of ether oxygens (including phenoxy) is 1. The number of nitrogens with two attached hydrogens (primary N) is 1. The summed E-state index contributed by atoms with van der Waals surface area (Å²) in [5.41, 5.74) is 3.04. The second-order valence-electron chi connectivity index (χ2n) is 6.74. The summed E-state index contributed by atoms with van der Waals surface area (Å²) < 4.78 is 40.4. The van der Waals surface area contributed by atoms with E-state index in [0.717, 1.165) is 19.3 Å². The van der Waals surface area contributed by atoms with Crippen LogP contribution in [-0.2, 0) is 11.2 Å². The molecule has 0 aromatic heterocycles. The lowest BCUT2D eigenvalue weighted by atomic mass is 9.87. The van der Waals surface area contributed by atoms with Crippen LogP contribution in [-0.4, -0.2) is 18.3 Å². The van der Waals surface area contributed by atoms with Crippen molar-refractivity contribution in [3.63, 3.8) is 0 Å². The van der Waals surface area contributed by atoms with E-state index in [1.807, 2.05) is 19.1 Å². The smallest absolute Gasteiger partial charge is 0.406 e. The van der Waals surface area contributed by atoms with E-state index in [0.29, 0.717) is 5.69 Å². The number of benzene rings is 2. The van der Waals surface area contributed by atoms with Gasteiger partial charge in [-0.15, -0.1) is 13.2 Å². The second kappa shape index (κ2) is 8.00. The molecule has 2 atom stereocenters. The molecule has 3 rings (SSSR count). The van der Waals surface area contributed by atoms with Crippen molar-refractivity contribution in [2.75, 3.05) is 5.32 Å². The fraction of sp³-hybridized carbons (Fsp3) is 0.350. The Balaban J connectivity index is 1.58. The lowest BCUT2D eigenvalue weighted by Gasteiger charge is -2.26. The Morgan fingerprint density at radius 1 is 1.19 bits per heavy atom. The van der Waals surface area contributed by atoms with Crippen molar-refractivity contribution in [2.24, 2.45) is 0 Å². The van der Waals surface area contributed by atoms with Crippen LogP contribution < -0.4 is 15.4 Å². The number of halogens is 3. The Labute approximate surface area is 155 Å². The summed E-state index contributed by atoms with van der Waals surface area (Å²) in [4.78, 5) is 12.5. The van der Waals surface area contributed by atoms with Gasteiger partial charge in [0.1, 0.15) is 11.8 Å². The van der Waals surface area contributed by atoms with Gasteiger partial charge in [0.2, 0.25) is 0 Å². The number of aryl methyl sites for hydroxylation is 1. The maximum atomic E-state index is 12.5. The van der Waals surface area contributed by atoms with E-state index in [-0.39, 0.29) is 23.7 Å². The number of alkyl halides is 3. The number of hydrogen-bond acceptors (Lipinski definition) is 2.